The van der Waals surface area contributed by atoms with Crippen LogP contribution in [-0.2, 0) is 0 Å². The molecule has 0 saturated heterocycles. The minimum Gasteiger partial charge on any atom is -0.296 e. The van der Waals surface area contributed by atoms with Gasteiger partial charge in [-0.05, 0) is 60.8 Å². The van der Waals surface area contributed by atoms with E-state index in [0.29, 0.717) is 12.6 Å². The van der Waals surface area contributed by atoms with E-state index in [-0.39, 0.29) is 5.78 Å². The van der Waals surface area contributed by atoms with Gasteiger partial charge in [0.1, 0.15) is 0 Å². The van der Waals surface area contributed by atoms with E-state index in [1.165, 1.54) is 24.2 Å². The molecule has 1 aliphatic carbocycles. The summed E-state index contributed by atoms with van der Waals surface area (Å²) in [6, 6.07) is 4.36. The fraction of sp³-hybridized carbons (Fsp3) is 0.583. The zero-order valence-electron chi connectivity index (χ0n) is 9.57. The zero-order chi connectivity index (χ0) is 11.7. The Morgan fingerprint density at radius 1 is 1.62 bits per heavy atom. The number of carbonyl (C=O) groups excluding carboxylic acids is 1. The highest BCUT2D eigenvalue weighted by Crippen LogP contribution is 2.34. The predicted octanol–water partition coefficient (Wildman–Crippen LogP) is 3.42. The molecule has 1 heterocycles. The summed E-state index contributed by atoms with van der Waals surface area (Å²) in [4.78, 5) is 15.0. The summed E-state index contributed by atoms with van der Waals surface area (Å²) >= 11 is 4.90. The van der Waals surface area contributed by atoms with Gasteiger partial charge in [-0.3, -0.25) is 9.69 Å². The molecule has 0 radical (unpaired) electrons. The summed E-state index contributed by atoms with van der Waals surface area (Å²) in [6.45, 7) is 2.75. The van der Waals surface area contributed by atoms with Gasteiger partial charge in [-0.1, -0.05) is 0 Å². The number of hydrogen-bond donors (Lipinski definition) is 0. The molecule has 1 saturated carbocycles. The Morgan fingerprint density at radius 3 is 2.81 bits per heavy atom. The molecular formula is C12H16BrNOS. The maximum absolute atomic E-state index is 12.0. The quantitative estimate of drug-likeness (QED) is 0.777. The minimum atomic E-state index is 0.228. The lowest BCUT2D eigenvalue weighted by Crippen LogP contribution is -2.35. The number of ketones is 1. The number of rotatable bonds is 5. The first-order chi connectivity index (χ1) is 7.58. The second-order valence-corrected chi connectivity index (χ2v) is 6.98. The van der Waals surface area contributed by atoms with Crippen LogP contribution in [0.2, 0.25) is 0 Å². The molecule has 2 rings (SSSR count). The van der Waals surface area contributed by atoms with Gasteiger partial charge in [0.05, 0.1) is 15.2 Å². The van der Waals surface area contributed by atoms with Crippen molar-refractivity contribution in [3.05, 3.63) is 20.8 Å². The molecule has 1 atom stereocenters. The molecule has 1 fully saturated rings. The van der Waals surface area contributed by atoms with Gasteiger partial charge in [0.2, 0.25) is 0 Å². The van der Waals surface area contributed by atoms with Crippen molar-refractivity contribution in [2.45, 2.75) is 25.8 Å². The van der Waals surface area contributed by atoms with E-state index in [2.05, 4.69) is 27.8 Å². The fourth-order valence-electron chi connectivity index (χ4n) is 1.85. The molecule has 0 amide bonds. The van der Waals surface area contributed by atoms with Crippen molar-refractivity contribution >= 4 is 33.0 Å². The Kier molecular flexibility index (Phi) is 3.82. The summed E-state index contributed by atoms with van der Waals surface area (Å²) in [6.07, 6.45) is 2.65. The SMILES string of the molecule is CC(C1CC1)N(C)CC(=O)c1ccc(Br)s1. The number of likely N-dealkylation sites (N-methyl/N-ethyl adjacent to an activating group) is 1. The largest absolute Gasteiger partial charge is 0.296 e. The maximum atomic E-state index is 12.0. The van der Waals surface area contributed by atoms with Gasteiger partial charge in [-0.15, -0.1) is 11.3 Å². The molecule has 0 spiro atoms. The Balaban J connectivity index is 1.91. The Morgan fingerprint density at radius 2 is 2.31 bits per heavy atom. The van der Waals surface area contributed by atoms with Gasteiger partial charge in [-0.25, -0.2) is 0 Å². The first-order valence-corrected chi connectivity index (χ1v) is 7.17. The number of Topliss-reactive ketones (excluding diaryl/α,β-unsaturated/α-hetero) is 1. The summed E-state index contributed by atoms with van der Waals surface area (Å²) in [5.41, 5.74) is 0. The molecular weight excluding hydrogens is 286 g/mol. The van der Waals surface area contributed by atoms with Crippen LogP contribution in [0.4, 0.5) is 0 Å². The van der Waals surface area contributed by atoms with E-state index < -0.39 is 0 Å². The molecule has 2 nitrogen and oxygen atoms in total. The van der Waals surface area contributed by atoms with Gasteiger partial charge >= 0.3 is 0 Å². The fourth-order valence-corrected chi connectivity index (χ4v) is 3.17. The van der Waals surface area contributed by atoms with Crippen molar-refractivity contribution in [2.24, 2.45) is 5.92 Å². The van der Waals surface area contributed by atoms with Crippen LogP contribution < -0.4 is 0 Å². The van der Waals surface area contributed by atoms with Crippen LogP contribution in [-0.4, -0.2) is 30.3 Å². The van der Waals surface area contributed by atoms with Gasteiger partial charge in [0, 0.05) is 6.04 Å². The summed E-state index contributed by atoms with van der Waals surface area (Å²) in [5.74, 6) is 1.04. The predicted molar refractivity (Wildman–Crippen MR) is 71.2 cm³/mol. The topological polar surface area (TPSA) is 20.3 Å². The average Bonchev–Trinajstić information content (AvgIpc) is 3.00. The molecule has 0 bridgehead atoms. The second-order valence-electron chi connectivity index (χ2n) is 4.52. The Hall–Kier alpha value is -0.190. The van der Waals surface area contributed by atoms with Crippen LogP contribution in [0.3, 0.4) is 0 Å². The lowest BCUT2D eigenvalue weighted by atomic mass is 10.2. The Bertz CT molecular complexity index is 386. The molecule has 4 heteroatoms. The van der Waals surface area contributed by atoms with Crippen LogP contribution in [0.15, 0.2) is 15.9 Å². The van der Waals surface area contributed by atoms with E-state index in [1.807, 2.05) is 19.2 Å². The van der Waals surface area contributed by atoms with Crippen LogP contribution in [0.25, 0.3) is 0 Å². The lowest BCUT2D eigenvalue weighted by molar-refractivity contribution is 0.0921. The molecule has 1 aromatic heterocycles. The van der Waals surface area contributed by atoms with Crippen molar-refractivity contribution in [3.63, 3.8) is 0 Å². The lowest BCUT2D eigenvalue weighted by Gasteiger charge is -2.23. The summed E-state index contributed by atoms with van der Waals surface area (Å²) in [5, 5.41) is 0. The summed E-state index contributed by atoms with van der Waals surface area (Å²) in [7, 11) is 2.05. The number of thiophene rings is 1. The van der Waals surface area contributed by atoms with Crippen molar-refractivity contribution in [1.29, 1.82) is 0 Å². The Labute approximate surface area is 109 Å². The molecule has 0 N–H and O–H groups in total. The molecule has 1 aromatic rings. The highest BCUT2D eigenvalue weighted by atomic mass is 79.9. The molecule has 0 aliphatic heterocycles. The monoisotopic (exact) mass is 301 g/mol. The standard InChI is InChI=1S/C12H16BrNOS/c1-8(9-3-4-9)14(2)7-10(15)11-5-6-12(13)16-11/h5-6,8-9H,3-4,7H2,1-2H3. The third-order valence-electron chi connectivity index (χ3n) is 3.24. The van der Waals surface area contributed by atoms with Gasteiger partial charge in [0.25, 0.3) is 0 Å². The first-order valence-electron chi connectivity index (χ1n) is 5.56. The van der Waals surface area contributed by atoms with Crippen molar-refractivity contribution in [3.8, 4) is 0 Å². The highest BCUT2D eigenvalue weighted by Gasteiger charge is 2.31. The molecule has 1 aliphatic rings. The van der Waals surface area contributed by atoms with Crippen LogP contribution in [0.5, 0.6) is 0 Å². The molecule has 0 aromatic carbocycles. The van der Waals surface area contributed by atoms with Gasteiger partial charge < -0.3 is 0 Å². The maximum Gasteiger partial charge on any atom is 0.186 e. The van der Waals surface area contributed by atoms with E-state index in [1.54, 1.807) is 0 Å². The van der Waals surface area contributed by atoms with Crippen LogP contribution in [0, 0.1) is 5.92 Å². The smallest absolute Gasteiger partial charge is 0.186 e. The van der Waals surface area contributed by atoms with E-state index in [4.69, 9.17) is 0 Å². The number of nitrogens with zero attached hydrogens (tertiary/aromatic N) is 1. The molecule has 16 heavy (non-hydrogen) atoms. The van der Waals surface area contributed by atoms with Crippen molar-refractivity contribution in [2.75, 3.05) is 13.6 Å². The van der Waals surface area contributed by atoms with Crippen LogP contribution in [0.1, 0.15) is 29.4 Å². The first kappa shape index (κ1) is 12.3. The zero-order valence-corrected chi connectivity index (χ0v) is 12.0. The van der Waals surface area contributed by atoms with E-state index in [9.17, 15) is 4.79 Å². The van der Waals surface area contributed by atoms with E-state index >= 15 is 0 Å². The third kappa shape index (κ3) is 2.93. The second kappa shape index (κ2) is 4.98. The number of hydrogen-bond acceptors (Lipinski definition) is 3. The number of halogens is 1. The average molecular weight is 302 g/mol. The van der Waals surface area contributed by atoms with Gasteiger partial charge in [0.15, 0.2) is 5.78 Å². The molecule has 1 unspecified atom stereocenters. The van der Waals surface area contributed by atoms with Gasteiger partial charge in [-0.2, -0.15) is 0 Å². The number of carbonyl (C=O) groups is 1. The van der Waals surface area contributed by atoms with Crippen LogP contribution >= 0.6 is 27.3 Å². The van der Waals surface area contributed by atoms with Crippen molar-refractivity contribution < 1.29 is 4.79 Å². The normalized spacial score (nSPS) is 17.8. The minimum absolute atomic E-state index is 0.228. The van der Waals surface area contributed by atoms with Crippen molar-refractivity contribution in [1.82, 2.24) is 4.90 Å². The summed E-state index contributed by atoms with van der Waals surface area (Å²) < 4.78 is 1.02. The van der Waals surface area contributed by atoms with E-state index in [0.717, 1.165) is 14.6 Å². The highest BCUT2D eigenvalue weighted by molar-refractivity contribution is 9.11. The molecule has 88 valence electrons. The third-order valence-corrected chi connectivity index (χ3v) is 4.91.